The van der Waals surface area contributed by atoms with Gasteiger partial charge in [0.1, 0.15) is 6.07 Å². The van der Waals surface area contributed by atoms with Gasteiger partial charge in [0.05, 0.1) is 19.1 Å². The SMILES string of the molecule is COC(=O)Cc1cc(CCl)cc(C#N)c1OC(F)(F)F. The van der Waals surface area contributed by atoms with Crippen LogP contribution in [0.15, 0.2) is 12.1 Å². The second kappa shape index (κ2) is 6.48. The van der Waals surface area contributed by atoms with Gasteiger partial charge in [-0.1, -0.05) is 6.07 Å². The zero-order chi connectivity index (χ0) is 15.3. The first-order chi connectivity index (χ1) is 9.30. The number of halogens is 4. The fourth-order valence-corrected chi connectivity index (χ4v) is 1.66. The topological polar surface area (TPSA) is 59.3 Å². The van der Waals surface area contributed by atoms with E-state index in [9.17, 15) is 18.0 Å². The molecular weight excluding hydrogens is 299 g/mol. The number of alkyl halides is 4. The molecule has 1 aromatic carbocycles. The molecule has 1 rings (SSSR count). The lowest BCUT2D eigenvalue weighted by Crippen LogP contribution is -2.20. The molecule has 0 aliphatic heterocycles. The summed E-state index contributed by atoms with van der Waals surface area (Å²) < 4.78 is 45.3. The Morgan fingerprint density at radius 1 is 1.45 bits per heavy atom. The zero-order valence-corrected chi connectivity index (χ0v) is 11.0. The molecule has 0 saturated carbocycles. The van der Waals surface area contributed by atoms with Gasteiger partial charge in [-0.3, -0.25) is 4.79 Å². The minimum Gasteiger partial charge on any atom is -0.469 e. The summed E-state index contributed by atoms with van der Waals surface area (Å²) in [6.45, 7) is 0. The summed E-state index contributed by atoms with van der Waals surface area (Å²) in [5, 5.41) is 8.89. The van der Waals surface area contributed by atoms with Crippen molar-refractivity contribution in [3.63, 3.8) is 0 Å². The Balaban J connectivity index is 3.35. The Hall–Kier alpha value is -1.94. The minimum absolute atomic E-state index is 0.0187. The van der Waals surface area contributed by atoms with Crippen LogP contribution in [0, 0.1) is 11.3 Å². The number of rotatable bonds is 4. The van der Waals surface area contributed by atoms with Gasteiger partial charge in [-0.25, -0.2) is 0 Å². The molecule has 4 nitrogen and oxygen atoms in total. The Labute approximate surface area is 117 Å². The standard InChI is InChI=1S/C12H9ClF3NO3/c1-19-10(18)4-8-2-7(5-13)3-9(6-17)11(8)20-12(14,15)16/h2-3H,4-5H2,1H3. The van der Waals surface area contributed by atoms with Crippen LogP contribution >= 0.6 is 11.6 Å². The lowest BCUT2D eigenvalue weighted by atomic mass is 10.0. The molecule has 0 aromatic heterocycles. The first-order valence-electron chi connectivity index (χ1n) is 5.25. The average Bonchev–Trinajstić information content (AvgIpc) is 2.38. The summed E-state index contributed by atoms with van der Waals surface area (Å²) >= 11 is 5.60. The molecule has 0 heterocycles. The number of esters is 1. The van der Waals surface area contributed by atoms with Gasteiger partial charge in [-0.2, -0.15) is 5.26 Å². The van der Waals surface area contributed by atoms with E-state index < -0.39 is 24.5 Å². The summed E-state index contributed by atoms with van der Waals surface area (Å²) in [6.07, 6.45) is -5.43. The first kappa shape index (κ1) is 16.1. The van der Waals surface area contributed by atoms with Gasteiger partial charge < -0.3 is 9.47 Å². The first-order valence-corrected chi connectivity index (χ1v) is 5.78. The molecule has 20 heavy (non-hydrogen) atoms. The van der Waals surface area contributed by atoms with Crippen molar-refractivity contribution >= 4 is 17.6 Å². The Morgan fingerprint density at radius 2 is 2.10 bits per heavy atom. The number of ether oxygens (including phenoxy) is 2. The van der Waals surface area contributed by atoms with Crippen molar-refractivity contribution in [2.45, 2.75) is 18.7 Å². The van der Waals surface area contributed by atoms with Gasteiger partial charge in [0.15, 0.2) is 5.75 Å². The second-order valence-electron chi connectivity index (χ2n) is 3.68. The van der Waals surface area contributed by atoms with Crippen LogP contribution in [0.4, 0.5) is 13.2 Å². The largest absolute Gasteiger partial charge is 0.573 e. The Morgan fingerprint density at radius 3 is 2.55 bits per heavy atom. The predicted molar refractivity (Wildman–Crippen MR) is 63.1 cm³/mol. The van der Waals surface area contributed by atoms with E-state index in [4.69, 9.17) is 16.9 Å². The van der Waals surface area contributed by atoms with Crippen LogP contribution in [0.1, 0.15) is 16.7 Å². The molecule has 0 bridgehead atoms. The summed E-state index contributed by atoms with van der Waals surface area (Å²) in [5.74, 6) is -1.48. The molecule has 0 atom stereocenters. The molecule has 0 unspecified atom stereocenters. The number of nitrogens with zero attached hydrogens (tertiary/aromatic N) is 1. The lowest BCUT2D eigenvalue weighted by Gasteiger charge is -2.15. The molecule has 0 aliphatic rings. The number of benzene rings is 1. The highest BCUT2D eigenvalue weighted by Gasteiger charge is 2.34. The quantitative estimate of drug-likeness (QED) is 0.634. The molecule has 0 amide bonds. The van der Waals surface area contributed by atoms with Crippen LogP contribution in [0.5, 0.6) is 5.75 Å². The van der Waals surface area contributed by atoms with Crippen molar-refractivity contribution in [1.29, 1.82) is 5.26 Å². The third-order valence-electron chi connectivity index (χ3n) is 2.28. The van der Waals surface area contributed by atoms with Gasteiger partial charge in [0.25, 0.3) is 0 Å². The number of carbonyl (C=O) groups is 1. The van der Waals surface area contributed by atoms with Crippen molar-refractivity contribution < 1.29 is 27.4 Å². The van der Waals surface area contributed by atoms with Crippen LogP contribution in [-0.4, -0.2) is 19.4 Å². The van der Waals surface area contributed by atoms with Crippen molar-refractivity contribution in [3.05, 3.63) is 28.8 Å². The predicted octanol–water partition coefficient (Wildman–Crippen LogP) is 2.91. The number of hydrogen-bond donors (Lipinski definition) is 0. The van der Waals surface area contributed by atoms with Crippen molar-refractivity contribution in [2.24, 2.45) is 0 Å². The summed E-state index contributed by atoms with van der Waals surface area (Å²) in [4.78, 5) is 11.2. The van der Waals surface area contributed by atoms with E-state index in [1.807, 2.05) is 0 Å². The number of nitriles is 1. The Kier molecular flexibility index (Phi) is 5.22. The molecule has 0 fully saturated rings. The highest BCUT2D eigenvalue weighted by atomic mass is 35.5. The maximum atomic E-state index is 12.4. The summed E-state index contributed by atoms with van der Waals surface area (Å²) in [6, 6.07) is 4.03. The normalized spacial score (nSPS) is 10.8. The summed E-state index contributed by atoms with van der Waals surface area (Å²) in [5.41, 5.74) is -0.0557. The van der Waals surface area contributed by atoms with Crippen LogP contribution in [0.2, 0.25) is 0 Å². The van der Waals surface area contributed by atoms with E-state index in [2.05, 4.69) is 9.47 Å². The fraction of sp³-hybridized carbons (Fsp3) is 0.333. The monoisotopic (exact) mass is 307 g/mol. The maximum Gasteiger partial charge on any atom is 0.573 e. The minimum atomic E-state index is -4.97. The van der Waals surface area contributed by atoms with Crippen LogP contribution in [0.25, 0.3) is 0 Å². The molecule has 0 aliphatic carbocycles. The maximum absolute atomic E-state index is 12.4. The van der Waals surface area contributed by atoms with Crippen LogP contribution in [-0.2, 0) is 21.8 Å². The Bertz CT molecular complexity index is 552. The van der Waals surface area contributed by atoms with Gasteiger partial charge >= 0.3 is 12.3 Å². The van der Waals surface area contributed by atoms with Crippen LogP contribution in [0.3, 0.4) is 0 Å². The highest BCUT2D eigenvalue weighted by Crippen LogP contribution is 2.32. The van der Waals surface area contributed by atoms with E-state index >= 15 is 0 Å². The summed E-state index contributed by atoms with van der Waals surface area (Å²) in [7, 11) is 1.10. The van der Waals surface area contributed by atoms with E-state index in [0.29, 0.717) is 5.56 Å². The lowest BCUT2D eigenvalue weighted by molar-refractivity contribution is -0.275. The molecule has 108 valence electrons. The van der Waals surface area contributed by atoms with Crippen LogP contribution < -0.4 is 4.74 Å². The van der Waals surface area contributed by atoms with Gasteiger partial charge in [0, 0.05) is 11.4 Å². The van der Waals surface area contributed by atoms with Crippen molar-refractivity contribution in [2.75, 3.05) is 7.11 Å². The van der Waals surface area contributed by atoms with Gasteiger partial charge in [-0.05, 0) is 11.6 Å². The van der Waals surface area contributed by atoms with E-state index in [-0.39, 0.29) is 17.0 Å². The molecule has 8 heteroatoms. The zero-order valence-electron chi connectivity index (χ0n) is 10.3. The smallest absolute Gasteiger partial charge is 0.469 e. The van der Waals surface area contributed by atoms with Gasteiger partial charge in [-0.15, -0.1) is 24.8 Å². The number of methoxy groups -OCH3 is 1. The molecule has 0 saturated heterocycles. The third-order valence-corrected chi connectivity index (χ3v) is 2.59. The second-order valence-corrected chi connectivity index (χ2v) is 3.95. The fourth-order valence-electron chi connectivity index (χ4n) is 1.51. The molecular formula is C12H9ClF3NO3. The third kappa shape index (κ3) is 4.31. The average molecular weight is 308 g/mol. The van der Waals surface area contributed by atoms with Crippen molar-refractivity contribution in [3.8, 4) is 11.8 Å². The molecule has 1 aromatic rings. The molecule has 0 spiro atoms. The number of carbonyl (C=O) groups excluding carboxylic acids is 1. The molecule has 0 radical (unpaired) electrons. The highest BCUT2D eigenvalue weighted by molar-refractivity contribution is 6.17. The van der Waals surface area contributed by atoms with E-state index in [1.165, 1.54) is 12.1 Å². The number of hydrogen-bond acceptors (Lipinski definition) is 4. The van der Waals surface area contributed by atoms with E-state index in [0.717, 1.165) is 7.11 Å². The molecule has 0 N–H and O–H groups in total. The van der Waals surface area contributed by atoms with Gasteiger partial charge in [0.2, 0.25) is 0 Å². The van der Waals surface area contributed by atoms with E-state index in [1.54, 1.807) is 6.07 Å². The van der Waals surface area contributed by atoms with Crippen molar-refractivity contribution in [1.82, 2.24) is 0 Å².